The molecule has 18 heavy (non-hydrogen) atoms. The molecule has 0 radical (unpaired) electrons. The quantitative estimate of drug-likeness (QED) is 0.656. The Kier molecular flexibility index (Phi) is 5.58. The fourth-order valence-corrected chi connectivity index (χ4v) is 1.59. The SMILES string of the molecule is Cc1cc(=O)c(C(=O)NCCCC(C)CO)c[nH]1. The van der Waals surface area contributed by atoms with Crippen LogP contribution in [-0.4, -0.2) is 29.1 Å². The smallest absolute Gasteiger partial charge is 0.256 e. The van der Waals surface area contributed by atoms with E-state index in [9.17, 15) is 9.59 Å². The molecule has 1 amide bonds. The van der Waals surface area contributed by atoms with E-state index in [4.69, 9.17) is 5.11 Å². The number of aliphatic hydroxyl groups is 1. The average molecular weight is 252 g/mol. The lowest BCUT2D eigenvalue weighted by Crippen LogP contribution is -2.29. The van der Waals surface area contributed by atoms with E-state index >= 15 is 0 Å². The second-order valence-corrected chi connectivity index (χ2v) is 4.58. The zero-order valence-electron chi connectivity index (χ0n) is 10.8. The maximum atomic E-state index is 11.7. The van der Waals surface area contributed by atoms with Crippen LogP contribution in [0.25, 0.3) is 0 Å². The third-order valence-corrected chi connectivity index (χ3v) is 2.77. The Labute approximate surface area is 106 Å². The van der Waals surface area contributed by atoms with Crippen LogP contribution < -0.4 is 10.7 Å². The predicted octanol–water partition coefficient (Wildman–Crippen LogP) is 0.822. The molecule has 0 spiro atoms. The highest BCUT2D eigenvalue weighted by Gasteiger charge is 2.09. The highest BCUT2D eigenvalue weighted by atomic mass is 16.3. The largest absolute Gasteiger partial charge is 0.396 e. The Hall–Kier alpha value is -1.62. The van der Waals surface area contributed by atoms with Crippen LogP contribution >= 0.6 is 0 Å². The molecule has 5 heteroatoms. The molecule has 100 valence electrons. The number of carbonyl (C=O) groups excluding carboxylic acids is 1. The molecule has 0 saturated carbocycles. The number of aromatic nitrogens is 1. The fraction of sp³-hybridized carbons (Fsp3) is 0.538. The number of rotatable bonds is 6. The Morgan fingerprint density at radius 1 is 1.56 bits per heavy atom. The van der Waals surface area contributed by atoms with Crippen LogP contribution in [-0.2, 0) is 0 Å². The number of carbonyl (C=O) groups is 1. The monoisotopic (exact) mass is 252 g/mol. The molecule has 0 aliphatic heterocycles. The lowest BCUT2D eigenvalue weighted by molar-refractivity contribution is 0.0950. The van der Waals surface area contributed by atoms with E-state index in [0.29, 0.717) is 6.54 Å². The minimum absolute atomic E-state index is 0.135. The average Bonchev–Trinajstić information content (AvgIpc) is 2.34. The minimum Gasteiger partial charge on any atom is -0.396 e. The van der Waals surface area contributed by atoms with Gasteiger partial charge in [0.05, 0.1) is 0 Å². The van der Waals surface area contributed by atoms with Crippen LogP contribution in [0, 0.1) is 12.8 Å². The maximum Gasteiger partial charge on any atom is 0.256 e. The van der Waals surface area contributed by atoms with Crippen LogP contribution in [0.4, 0.5) is 0 Å². The van der Waals surface area contributed by atoms with Crippen LogP contribution in [0.1, 0.15) is 35.8 Å². The second kappa shape index (κ2) is 6.96. The first-order valence-electron chi connectivity index (χ1n) is 6.13. The van der Waals surface area contributed by atoms with Crippen molar-refractivity contribution in [3.63, 3.8) is 0 Å². The van der Waals surface area contributed by atoms with Gasteiger partial charge in [-0.1, -0.05) is 6.92 Å². The van der Waals surface area contributed by atoms with E-state index in [1.54, 1.807) is 6.92 Å². The summed E-state index contributed by atoms with van der Waals surface area (Å²) in [5, 5.41) is 11.5. The van der Waals surface area contributed by atoms with Gasteiger partial charge >= 0.3 is 0 Å². The third kappa shape index (κ3) is 4.33. The van der Waals surface area contributed by atoms with Crippen molar-refractivity contribution in [3.8, 4) is 0 Å². The number of hydrogen-bond acceptors (Lipinski definition) is 3. The second-order valence-electron chi connectivity index (χ2n) is 4.58. The van der Waals surface area contributed by atoms with Crippen molar-refractivity contribution < 1.29 is 9.90 Å². The summed E-state index contributed by atoms with van der Waals surface area (Å²) in [6, 6.07) is 1.41. The van der Waals surface area contributed by atoms with Gasteiger partial charge in [0, 0.05) is 31.1 Å². The summed E-state index contributed by atoms with van der Waals surface area (Å²) in [5.41, 5.74) is 0.594. The van der Waals surface area contributed by atoms with Crippen molar-refractivity contribution in [1.82, 2.24) is 10.3 Å². The zero-order valence-corrected chi connectivity index (χ0v) is 10.8. The van der Waals surface area contributed by atoms with Gasteiger partial charge < -0.3 is 15.4 Å². The number of amides is 1. The molecule has 1 unspecified atom stereocenters. The summed E-state index contributed by atoms with van der Waals surface area (Å²) >= 11 is 0. The number of hydrogen-bond donors (Lipinski definition) is 3. The Morgan fingerprint density at radius 3 is 2.89 bits per heavy atom. The lowest BCUT2D eigenvalue weighted by atomic mass is 10.1. The molecule has 0 fully saturated rings. The highest BCUT2D eigenvalue weighted by Crippen LogP contribution is 2.02. The summed E-state index contributed by atoms with van der Waals surface area (Å²) in [6.45, 7) is 4.38. The molecule has 1 aromatic heterocycles. The number of aliphatic hydroxyl groups excluding tert-OH is 1. The van der Waals surface area contributed by atoms with E-state index < -0.39 is 0 Å². The van der Waals surface area contributed by atoms with Crippen LogP contribution in [0.5, 0.6) is 0 Å². The predicted molar refractivity (Wildman–Crippen MR) is 69.6 cm³/mol. The molecule has 1 aromatic rings. The van der Waals surface area contributed by atoms with Gasteiger partial charge in [0.25, 0.3) is 5.91 Å². The highest BCUT2D eigenvalue weighted by molar-refractivity contribution is 5.93. The molecule has 0 bridgehead atoms. The molecule has 1 atom stereocenters. The summed E-state index contributed by atoms with van der Waals surface area (Å²) in [6.07, 6.45) is 3.07. The number of aryl methyl sites for hydroxylation is 1. The number of nitrogens with one attached hydrogen (secondary N) is 2. The topological polar surface area (TPSA) is 82.2 Å². The van der Waals surface area contributed by atoms with Gasteiger partial charge in [0.2, 0.25) is 0 Å². The van der Waals surface area contributed by atoms with E-state index in [1.807, 2.05) is 6.92 Å². The maximum absolute atomic E-state index is 11.7. The van der Waals surface area contributed by atoms with Gasteiger partial charge in [-0.25, -0.2) is 0 Å². The minimum atomic E-state index is -0.354. The lowest BCUT2D eigenvalue weighted by Gasteiger charge is -2.08. The molecule has 5 nitrogen and oxygen atoms in total. The number of pyridine rings is 1. The first kappa shape index (κ1) is 14.4. The summed E-state index contributed by atoms with van der Waals surface area (Å²) < 4.78 is 0. The van der Waals surface area contributed by atoms with Gasteiger partial charge in [-0.05, 0) is 25.7 Å². The van der Waals surface area contributed by atoms with E-state index in [-0.39, 0.29) is 29.4 Å². The molecular formula is C13H20N2O3. The molecule has 0 aromatic carbocycles. The van der Waals surface area contributed by atoms with E-state index in [1.165, 1.54) is 12.3 Å². The van der Waals surface area contributed by atoms with Crippen molar-refractivity contribution in [2.75, 3.05) is 13.2 Å². The number of H-pyrrole nitrogens is 1. The van der Waals surface area contributed by atoms with Crippen molar-refractivity contribution >= 4 is 5.91 Å². The molecule has 1 rings (SSSR count). The molecule has 0 aliphatic carbocycles. The standard InChI is InChI=1S/C13H20N2O3/c1-9(8-16)4-3-5-14-13(18)11-7-15-10(2)6-12(11)17/h6-7,9,16H,3-5,8H2,1-2H3,(H,14,18)(H,15,17). The summed E-state index contributed by atoms with van der Waals surface area (Å²) in [7, 11) is 0. The summed E-state index contributed by atoms with van der Waals surface area (Å²) in [4.78, 5) is 26.1. The van der Waals surface area contributed by atoms with Gasteiger partial charge in [0.15, 0.2) is 5.43 Å². The zero-order chi connectivity index (χ0) is 13.5. The van der Waals surface area contributed by atoms with Crippen molar-refractivity contribution in [1.29, 1.82) is 0 Å². The van der Waals surface area contributed by atoms with Crippen molar-refractivity contribution in [2.24, 2.45) is 5.92 Å². The van der Waals surface area contributed by atoms with E-state index in [0.717, 1.165) is 18.5 Å². The van der Waals surface area contributed by atoms with Crippen LogP contribution in [0.3, 0.4) is 0 Å². The van der Waals surface area contributed by atoms with Gasteiger partial charge in [-0.3, -0.25) is 9.59 Å². The van der Waals surface area contributed by atoms with E-state index in [2.05, 4.69) is 10.3 Å². The molecule has 0 aliphatic rings. The first-order valence-corrected chi connectivity index (χ1v) is 6.13. The third-order valence-electron chi connectivity index (χ3n) is 2.77. The van der Waals surface area contributed by atoms with Gasteiger partial charge in [-0.15, -0.1) is 0 Å². The molecule has 3 N–H and O–H groups in total. The van der Waals surface area contributed by atoms with Gasteiger partial charge in [-0.2, -0.15) is 0 Å². The molecular weight excluding hydrogens is 232 g/mol. The Bertz CT molecular complexity index is 454. The fourth-order valence-electron chi connectivity index (χ4n) is 1.59. The normalized spacial score (nSPS) is 12.2. The Morgan fingerprint density at radius 2 is 2.28 bits per heavy atom. The van der Waals surface area contributed by atoms with Crippen LogP contribution in [0.2, 0.25) is 0 Å². The van der Waals surface area contributed by atoms with Gasteiger partial charge in [0.1, 0.15) is 5.56 Å². The van der Waals surface area contributed by atoms with Crippen molar-refractivity contribution in [2.45, 2.75) is 26.7 Å². The Balaban J connectivity index is 2.44. The molecule has 1 heterocycles. The van der Waals surface area contributed by atoms with Crippen molar-refractivity contribution in [3.05, 3.63) is 33.7 Å². The summed E-state index contributed by atoms with van der Waals surface area (Å²) in [5.74, 6) is -0.113. The first-order chi connectivity index (χ1) is 8.54. The molecule has 0 saturated heterocycles. The van der Waals surface area contributed by atoms with Crippen LogP contribution in [0.15, 0.2) is 17.1 Å². The number of aromatic amines is 1.